The van der Waals surface area contributed by atoms with Gasteiger partial charge in [-0.2, -0.15) is 0 Å². The summed E-state index contributed by atoms with van der Waals surface area (Å²) in [6.45, 7) is 0.139. The molecule has 0 bridgehead atoms. The summed E-state index contributed by atoms with van der Waals surface area (Å²) in [6, 6.07) is 22.6. The van der Waals surface area contributed by atoms with Gasteiger partial charge in [0, 0.05) is 5.56 Å². The van der Waals surface area contributed by atoms with Gasteiger partial charge in [0.05, 0.1) is 6.42 Å². The summed E-state index contributed by atoms with van der Waals surface area (Å²) >= 11 is 0. The third-order valence-electron chi connectivity index (χ3n) is 4.38. The first-order valence-corrected chi connectivity index (χ1v) is 8.82. The molecule has 0 saturated carbocycles. The average Bonchev–Trinajstić information content (AvgIpc) is 3.21. The normalized spacial score (nSPS) is 11.7. The number of nitrogens with one attached hydrogen (secondary N) is 2. The van der Waals surface area contributed by atoms with E-state index in [0.717, 1.165) is 16.7 Å². The standard InChI is InChI=1S/C22H18N2O4/c25-21(12-15-6-8-17(9-7-15)16-4-2-1-3-5-16)23-24-22(26)18-10-11-19-20(13-18)28-14-27-19/h1-11,13H,12,14H2,(H,23,25)(H,24,26). The van der Waals surface area contributed by atoms with E-state index in [1.807, 2.05) is 54.6 Å². The fraction of sp³-hybridized carbons (Fsp3) is 0.0909. The lowest BCUT2D eigenvalue weighted by Crippen LogP contribution is -2.42. The van der Waals surface area contributed by atoms with Crippen LogP contribution in [-0.4, -0.2) is 18.6 Å². The second-order valence-corrected chi connectivity index (χ2v) is 6.31. The SMILES string of the molecule is O=C(Cc1ccc(-c2ccccc2)cc1)NNC(=O)c1ccc2c(c1)OCO2. The molecule has 1 aliphatic rings. The summed E-state index contributed by atoms with van der Waals surface area (Å²) < 4.78 is 10.5. The summed E-state index contributed by atoms with van der Waals surface area (Å²) in [6.07, 6.45) is 0.163. The van der Waals surface area contributed by atoms with Crippen molar-refractivity contribution in [3.63, 3.8) is 0 Å². The van der Waals surface area contributed by atoms with Crippen molar-refractivity contribution in [2.75, 3.05) is 6.79 Å². The van der Waals surface area contributed by atoms with Gasteiger partial charge in [-0.05, 0) is 34.9 Å². The van der Waals surface area contributed by atoms with Crippen molar-refractivity contribution in [2.45, 2.75) is 6.42 Å². The van der Waals surface area contributed by atoms with Crippen LogP contribution in [0, 0.1) is 0 Å². The molecule has 0 atom stereocenters. The Kier molecular flexibility index (Phi) is 4.93. The van der Waals surface area contributed by atoms with Crippen LogP contribution in [0.1, 0.15) is 15.9 Å². The van der Waals surface area contributed by atoms with Gasteiger partial charge in [0.2, 0.25) is 12.7 Å². The predicted octanol–water partition coefficient (Wildman–Crippen LogP) is 3.09. The summed E-state index contributed by atoms with van der Waals surface area (Å²) in [5.41, 5.74) is 8.28. The molecule has 0 unspecified atom stereocenters. The van der Waals surface area contributed by atoms with Crippen molar-refractivity contribution < 1.29 is 19.1 Å². The van der Waals surface area contributed by atoms with E-state index in [-0.39, 0.29) is 19.1 Å². The van der Waals surface area contributed by atoms with Crippen molar-refractivity contribution in [1.82, 2.24) is 10.9 Å². The Bertz CT molecular complexity index is 1000. The number of hydrazine groups is 1. The molecule has 4 rings (SSSR count). The molecule has 0 fully saturated rings. The Labute approximate surface area is 162 Å². The van der Waals surface area contributed by atoms with Crippen LogP contribution in [-0.2, 0) is 11.2 Å². The maximum absolute atomic E-state index is 12.2. The molecule has 6 nitrogen and oxygen atoms in total. The summed E-state index contributed by atoms with van der Waals surface area (Å²) in [5, 5.41) is 0. The Morgan fingerprint density at radius 3 is 2.29 bits per heavy atom. The number of ether oxygens (including phenoxy) is 2. The van der Waals surface area contributed by atoms with E-state index in [4.69, 9.17) is 9.47 Å². The van der Waals surface area contributed by atoms with Crippen molar-refractivity contribution >= 4 is 11.8 Å². The Balaban J connectivity index is 1.31. The molecule has 0 saturated heterocycles. The van der Waals surface area contributed by atoms with Gasteiger partial charge < -0.3 is 9.47 Å². The molecule has 6 heteroatoms. The van der Waals surface area contributed by atoms with Gasteiger partial charge in [0.1, 0.15) is 0 Å². The molecule has 3 aromatic rings. The number of hydrogen-bond donors (Lipinski definition) is 2. The second kappa shape index (κ2) is 7.84. The highest BCUT2D eigenvalue weighted by Gasteiger charge is 2.16. The van der Waals surface area contributed by atoms with E-state index in [1.165, 1.54) is 0 Å². The molecule has 1 aliphatic heterocycles. The van der Waals surface area contributed by atoms with Gasteiger partial charge in [-0.15, -0.1) is 0 Å². The maximum Gasteiger partial charge on any atom is 0.269 e. The van der Waals surface area contributed by atoms with Crippen LogP contribution in [0.15, 0.2) is 72.8 Å². The van der Waals surface area contributed by atoms with E-state index >= 15 is 0 Å². The minimum Gasteiger partial charge on any atom is -0.454 e. The van der Waals surface area contributed by atoms with Crippen LogP contribution >= 0.6 is 0 Å². The van der Waals surface area contributed by atoms with Crippen LogP contribution in [0.5, 0.6) is 11.5 Å². The lowest BCUT2D eigenvalue weighted by atomic mass is 10.0. The number of benzene rings is 3. The number of fused-ring (bicyclic) bond motifs is 1. The van der Waals surface area contributed by atoms with Crippen LogP contribution < -0.4 is 20.3 Å². The van der Waals surface area contributed by atoms with Gasteiger partial charge >= 0.3 is 0 Å². The topological polar surface area (TPSA) is 76.7 Å². The van der Waals surface area contributed by atoms with E-state index in [2.05, 4.69) is 10.9 Å². The van der Waals surface area contributed by atoms with Gasteiger partial charge in [0.25, 0.3) is 5.91 Å². The fourth-order valence-corrected chi connectivity index (χ4v) is 2.91. The van der Waals surface area contributed by atoms with Crippen LogP contribution in [0.3, 0.4) is 0 Å². The lowest BCUT2D eigenvalue weighted by Gasteiger charge is -2.08. The predicted molar refractivity (Wildman–Crippen MR) is 104 cm³/mol. The molecule has 2 amide bonds. The largest absolute Gasteiger partial charge is 0.454 e. The second-order valence-electron chi connectivity index (χ2n) is 6.31. The first-order chi connectivity index (χ1) is 13.7. The minimum atomic E-state index is -0.425. The Morgan fingerprint density at radius 2 is 1.50 bits per heavy atom. The molecular weight excluding hydrogens is 356 g/mol. The maximum atomic E-state index is 12.2. The number of hydrogen-bond acceptors (Lipinski definition) is 4. The molecule has 0 spiro atoms. The average molecular weight is 374 g/mol. The third kappa shape index (κ3) is 3.96. The van der Waals surface area contributed by atoms with Gasteiger partial charge in [-0.1, -0.05) is 54.6 Å². The lowest BCUT2D eigenvalue weighted by molar-refractivity contribution is -0.121. The van der Waals surface area contributed by atoms with E-state index < -0.39 is 5.91 Å². The molecular formula is C22H18N2O4. The first kappa shape index (κ1) is 17.6. The molecule has 2 N–H and O–H groups in total. The van der Waals surface area contributed by atoms with E-state index in [1.54, 1.807) is 18.2 Å². The Hall–Kier alpha value is -3.80. The van der Waals surface area contributed by atoms with Crippen LogP contribution in [0.4, 0.5) is 0 Å². The highest BCUT2D eigenvalue weighted by atomic mass is 16.7. The van der Waals surface area contributed by atoms with Crippen molar-refractivity contribution in [3.05, 3.63) is 83.9 Å². The minimum absolute atomic E-state index is 0.139. The molecule has 0 aliphatic carbocycles. The zero-order chi connectivity index (χ0) is 19.3. The highest BCUT2D eigenvalue weighted by Crippen LogP contribution is 2.32. The van der Waals surface area contributed by atoms with Crippen LogP contribution in [0.25, 0.3) is 11.1 Å². The number of rotatable bonds is 4. The van der Waals surface area contributed by atoms with Crippen molar-refractivity contribution in [1.29, 1.82) is 0 Å². The molecule has 3 aromatic carbocycles. The van der Waals surface area contributed by atoms with Gasteiger partial charge in [0.15, 0.2) is 11.5 Å². The van der Waals surface area contributed by atoms with Crippen molar-refractivity contribution in [3.8, 4) is 22.6 Å². The Morgan fingerprint density at radius 1 is 0.786 bits per heavy atom. The monoisotopic (exact) mass is 374 g/mol. The number of amides is 2. The fourth-order valence-electron chi connectivity index (χ4n) is 2.91. The zero-order valence-corrected chi connectivity index (χ0v) is 15.0. The van der Waals surface area contributed by atoms with Crippen LogP contribution in [0.2, 0.25) is 0 Å². The first-order valence-electron chi connectivity index (χ1n) is 8.82. The highest BCUT2D eigenvalue weighted by molar-refractivity contribution is 5.96. The summed E-state index contributed by atoms with van der Waals surface area (Å²) in [7, 11) is 0. The molecule has 0 aromatic heterocycles. The molecule has 140 valence electrons. The van der Waals surface area contributed by atoms with E-state index in [9.17, 15) is 9.59 Å². The van der Waals surface area contributed by atoms with Crippen molar-refractivity contribution in [2.24, 2.45) is 0 Å². The number of carbonyl (C=O) groups is 2. The summed E-state index contributed by atoms with van der Waals surface area (Å²) in [5.74, 6) is 0.379. The van der Waals surface area contributed by atoms with E-state index in [0.29, 0.717) is 17.1 Å². The number of carbonyl (C=O) groups excluding carboxylic acids is 2. The zero-order valence-electron chi connectivity index (χ0n) is 15.0. The summed E-state index contributed by atoms with van der Waals surface area (Å²) in [4.78, 5) is 24.3. The quantitative estimate of drug-likeness (QED) is 0.688. The molecule has 1 heterocycles. The van der Waals surface area contributed by atoms with Gasteiger partial charge in [-0.3, -0.25) is 20.4 Å². The third-order valence-corrected chi connectivity index (χ3v) is 4.38. The van der Waals surface area contributed by atoms with Gasteiger partial charge in [-0.25, -0.2) is 0 Å². The molecule has 0 radical (unpaired) electrons. The molecule has 28 heavy (non-hydrogen) atoms. The smallest absolute Gasteiger partial charge is 0.269 e.